The Kier molecular flexibility index (Phi) is 12.6. The molecule has 0 saturated heterocycles. The number of nitrogens with one attached hydrogen (secondary N) is 5. The van der Waals surface area contributed by atoms with E-state index in [1.165, 1.54) is 20.8 Å². The first-order chi connectivity index (χ1) is 21.0. The molecule has 3 unspecified atom stereocenters. The van der Waals surface area contributed by atoms with Crippen molar-refractivity contribution in [3.8, 4) is 0 Å². The molecule has 9 amide bonds. The zero-order valence-electron chi connectivity index (χ0n) is 25.1. The highest BCUT2D eigenvalue weighted by molar-refractivity contribution is 6.18. The number of carbonyl (C=O) groups excluding carboxylic acids is 9. The molecule has 2 aliphatic rings. The number of rotatable bonds is 16. The van der Waals surface area contributed by atoms with E-state index in [4.69, 9.17) is 4.74 Å². The monoisotopic (exact) mass is 629 g/mol. The zero-order valence-corrected chi connectivity index (χ0v) is 25.1. The molecule has 0 spiro atoms. The van der Waals surface area contributed by atoms with Crippen LogP contribution in [0.1, 0.15) is 40.5 Å². The maximum absolute atomic E-state index is 12.8. The van der Waals surface area contributed by atoms with E-state index in [9.17, 15) is 43.2 Å². The van der Waals surface area contributed by atoms with E-state index < -0.39 is 102 Å². The Morgan fingerprint density at radius 2 is 1.02 bits per heavy atom. The second kappa shape index (κ2) is 15.9. The van der Waals surface area contributed by atoms with Gasteiger partial charge in [-0.3, -0.25) is 43.2 Å². The molecular formula is C28H35N7O10. The summed E-state index contributed by atoms with van der Waals surface area (Å²) in [5, 5.41) is 12.2. The van der Waals surface area contributed by atoms with Gasteiger partial charge in [0, 0.05) is 49.8 Å². The lowest BCUT2D eigenvalue weighted by molar-refractivity contribution is -0.138. The number of ether oxygens (including phenoxy) is 1. The van der Waals surface area contributed by atoms with Gasteiger partial charge in [-0.15, -0.1) is 0 Å². The first-order valence-corrected chi connectivity index (χ1v) is 13.7. The Morgan fingerprint density at radius 1 is 0.667 bits per heavy atom. The van der Waals surface area contributed by atoms with E-state index in [0.717, 1.165) is 24.3 Å². The van der Waals surface area contributed by atoms with Crippen molar-refractivity contribution in [2.75, 3.05) is 6.61 Å². The summed E-state index contributed by atoms with van der Waals surface area (Å²) in [5.41, 5.74) is -0.911. The van der Waals surface area contributed by atoms with Crippen LogP contribution in [0.2, 0.25) is 0 Å². The minimum Gasteiger partial charge on any atom is -0.369 e. The second-order valence-electron chi connectivity index (χ2n) is 9.82. The molecule has 0 aromatic carbocycles. The molecule has 2 rings (SSSR count). The van der Waals surface area contributed by atoms with Crippen molar-refractivity contribution >= 4 is 53.2 Å². The highest BCUT2D eigenvalue weighted by atomic mass is 16.5. The summed E-state index contributed by atoms with van der Waals surface area (Å²) in [6, 6.07) is -1.08. The van der Waals surface area contributed by atoms with Crippen molar-refractivity contribution in [1.82, 2.24) is 36.4 Å². The summed E-state index contributed by atoms with van der Waals surface area (Å²) in [6.07, 6.45) is 0.0801. The third-order valence-electron chi connectivity index (χ3n) is 6.13. The van der Waals surface area contributed by atoms with Crippen LogP contribution >= 0.6 is 0 Å². The fraction of sp³-hybridized carbons (Fsp3) is 0.393. The van der Waals surface area contributed by atoms with Crippen LogP contribution in [0.25, 0.3) is 0 Å². The predicted octanol–water partition coefficient (Wildman–Crippen LogP) is -2.29. The van der Waals surface area contributed by atoms with Crippen LogP contribution < -0.4 is 26.6 Å². The van der Waals surface area contributed by atoms with Gasteiger partial charge in [0.1, 0.15) is 17.5 Å². The molecule has 0 aromatic rings. The van der Waals surface area contributed by atoms with Crippen molar-refractivity contribution in [1.29, 1.82) is 0 Å². The molecule has 0 aliphatic carbocycles. The largest absolute Gasteiger partial charge is 0.369 e. The minimum absolute atomic E-state index is 0.223. The summed E-state index contributed by atoms with van der Waals surface area (Å²) in [5.74, 6) is -6.81. The summed E-state index contributed by atoms with van der Waals surface area (Å²) < 4.78 is 5.25. The SMILES string of the molecule is C=C(C(=O)NC(C)NC(=O)CC(CC(=O)NC(C)NC(=O)C(=C)N1C(=O)C=CC1=O)NC(=O)C(C)OCC)N1C(=O)C=CC1=O. The van der Waals surface area contributed by atoms with Gasteiger partial charge in [-0.1, -0.05) is 13.2 Å². The standard InChI is InChI=1S/C28H35N7O10/c1-7-45-16(4)28(44)33-19(12-20(36)29-17(5)31-26(42)14(2)34-22(38)8-9-23(34)39)13-21(37)30-18(6)32-27(43)15(3)35-24(40)10-11-25(35)41/h8-11,16-19H,2-3,7,12-13H2,1,4-6H3,(H,29,36)(H,30,37)(H,31,42)(H,32,43)(H,33,44). The fourth-order valence-corrected chi connectivity index (χ4v) is 4.03. The Morgan fingerprint density at radius 3 is 1.36 bits per heavy atom. The minimum atomic E-state index is -1.08. The lowest BCUT2D eigenvalue weighted by atomic mass is 10.1. The van der Waals surface area contributed by atoms with E-state index in [2.05, 4.69) is 39.7 Å². The molecule has 45 heavy (non-hydrogen) atoms. The molecule has 17 nitrogen and oxygen atoms in total. The molecule has 3 atom stereocenters. The molecule has 5 N–H and O–H groups in total. The average Bonchev–Trinajstić information content (AvgIpc) is 3.45. The van der Waals surface area contributed by atoms with Crippen molar-refractivity contribution in [3.05, 3.63) is 48.9 Å². The highest BCUT2D eigenvalue weighted by Gasteiger charge is 2.32. The Labute approximate surface area is 258 Å². The van der Waals surface area contributed by atoms with E-state index in [1.807, 2.05) is 0 Å². The Balaban J connectivity index is 1.98. The molecule has 0 saturated carbocycles. The first kappa shape index (κ1) is 35.7. The van der Waals surface area contributed by atoms with E-state index in [1.54, 1.807) is 6.92 Å². The van der Waals surface area contributed by atoms with Gasteiger partial charge < -0.3 is 31.3 Å². The van der Waals surface area contributed by atoms with Gasteiger partial charge in [-0.2, -0.15) is 0 Å². The van der Waals surface area contributed by atoms with Gasteiger partial charge in [-0.05, 0) is 27.7 Å². The van der Waals surface area contributed by atoms with Gasteiger partial charge in [-0.25, -0.2) is 9.80 Å². The van der Waals surface area contributed by atoms with Crippen molar-refractivity contribution in [3.63, 3.8) is 0 Å². The molecule has 242 valence electrons. The zero-order chi connectivity index (χ0) is 34.0. The van der Waals surface area contributed by atoms with Crippen LogP contribution in [0, 0.1) is 0 Å². The topological polar surface area (TPSA) is 229 Å². The first-order valence-electron chi connectivity index (χ1n) is 13.7. The normalized spacial score (nSPS) is 16.5. The molecule has 17 heteroatoms. The highest BCUT2D eigenvalue weighted by Crippen LogP contribution is 2.12. The van der Waals surface area contributed by atoms with Crippen LogP contribution in [0.3, 0.4) is 0 Å². The number of nitrogens with zero attached hydrogens (tertiary/aromatic N) is 2. The maximum atomic E-state index is 12.8. The van der Waals surface area contributed by atoms with E-state index >= 15 is 0 Å². The summed E-state index contributed by atoms with van der Waals surface area (Å²) >= 11 is 0. The quantitative estimate of drug-likeness (QED) is 0.0697. The number of imide groups is 2. The van der Waals surface area contributed by atoms with Crippen molar-refractivity contribution in [2.24, 2.45) is 0 Å². The predicted molar refractivity (Wildman–Crippen MR) is 154 cm³/mol. The van der Waals surface area contributed by atoms with Crippen LogP contribution in [0.15, 0.2) is 48.9 Å². The summed E-state index contributed by atoms with van der Waals surface area (Å²) in [4.78, 5) is 111. The number of hydrogen-bond acceptors (Lipinski definition) is 10. The lowest BCUT2D eigenvalue weighted by Crippen LogP contribution is -2.52. The summed E-state index contributed by atoms with van der Waals surface area (Å²) in [6.45, 7) is 13.0. The van der Waals surface area contributed by atoms with Gasteiger partial charge in [0.15, 0.2) is 0 Å². The Bertz CT molecular complexity index is 1260. The fourth-order valence-electron chi connectivity index (χ4n) is 4.03. The number of hydrogen-bond donors (Lipinski definition) is 5. The van der Waals surface area contributed by atoms with Crippen LogP contribution in [0.4, 0.5) is 0 Å². The smallest absolute Gasteiger partial charge is 0.269 e. The van der Waals surface area contributed by atoms with Gasteiger partial charge in [0.2, 0.25) is 17.7 Å². The third-order valence-corrected chi connectivity index (χ3v) is 6.13. The van der Waals surface area contributed by atoms with Crippen molar-refractivity contribution in [2.45, 2.75) is 65.0 Å². The number of carbonyl (C=O) groups is 9. The molecule has 2 aliphatic heterocycles. The Hall–Kier alpha value is -5.45. The second-order valence-corrected chi connectivity index (χ2v) is 9.82. The third kappa shape index (κ3) is 10.1. The molecule has 0 bridgehead atoms. The molecule has 0 fully saturated rings. The van der Waals surface area contributed by atoms with Gasteiger partial charge in [0.25, 0.3) is 35.4 Å². The lowest BCUT2D eigenvalue weighted by Gasteiger charge is -2.24. The van der Waals surface area contributed by atoms with Crippen LogP contribution in [0.5, 0.6) is 0 Å². The molecule has 0 radical (unpaired) electrons. The molecule has 0 aromatic heterocycles. The van der Waals surface area contributed by atoms with Crippen LogP contribution in [-0.4, -0.2) is 94.0 Å². The van der Waals surface area contributed by atoms with Gasteiger partial charge in [0.05, 0.1) is 12.3 Å². The molecular weight excluding hydrogens is 594 g/mol. The van der Waals surface area contributed by atoms with E-state index in [0.29, 0.717) is 9.80 Å². The van der Waals surface area contributed by atoms with Crippen LogP contribution in [-0.2, 0) is 47.9 Å². The van der Waals surface area contributed by atoms with Crippen molar-refractivity contribution < 1.29 is 47.9 Å². The van der Waals surface area contributed by atoms with Gasteiger partial charge >= 0.3 is 0 Å². The average molecular weight is 630 g/mol. The van der Waals surface area contributed by atoms with E-state index in [-0.39, 0.29) is 6.61 Å². The number of amides is 9. The summed E-state index contributed by atoms with van der Waals surface area (Å²) in [7, 11) is 0. The maximum Gasteiger partial charge on any atom is 0.269 e. The molecule has 2 heterocycles.